The molecule has 1 N–H and O–H groups in total. The Balaban J connectivity index is 1.97. The summed E-state index contributed by atoms with van der Waals surface area (Å²) in [5.74, 6) is 0.737. The molecule has 0 bridgehead atoms. The molecule has 0 saturated heterocycles. The molecule has 3 rings (SSSR count). The Kier molecular flexibility index (Phi) is 3.95. The summed E-state index contributed by atoms with van der Waals surface area (Å²) < 4.78 is 2.15. The molecule has 1 aromatic carbocycles. The summed E-state index contributed by atoms with van der Waals surface area (Å²) in [7, 11) is 2.05. The van der Waals surface area contributed by atoms with Gasteiger partial charge < -0.3 is 9.67 Å². The second-order valence-corrected chi connectivity index (χ2v) is 6.08. The molecule has 4 nitrogen and oxygen atoms in total. The molecule has 4 heteroatoms. The van der Waals surface area contributed by atoms with Gasteiger partial charge in [-0.05, 0) is 31.0 Å². The maximum absolute atomic E-state index is 11.1. The molecule has 0 aliphatic heterocycles. The molecule has 0 amide bonds. The zero-order valence-corrected chi connectivity index (χ0v) is 12.5. The van der Waals surface area contributed by atoms with Crippen LogP contribution in [-0.4, -0.2) is 20.6 Å². The van der Waals surface area contributed by atoms with Crippen molar-refractivity contribution in [2.24, 2.45) is 7.05 Å². The third kappa shape index (κ3) is 2.80. The van der Waals surface area contributed by atoms with Crippen molar-refractivity contribution in [3.8, 4) is 0 Å². The Morgan fingerprint density at radius 3 is 2.52 bits per heavy atom. The van der Waals surface area contributed by atoms with Gasteiger partial charge in [0.15, 0.2) is 0 Å². The monoisotopic (exact) mass is 286 g/mol. The summed E-state index contributed by atoms with van der Waals surface area (Å²) in [6.07, 6.45) is 8.94. The van der Waals surface area contributed by atoms with Crippen molar-refractivity contribution in [2.45, 2.75) is 50.9 Å². The molecule has 112 valence electrons. The van der Waals surface area contributed by atoms with Crippen LogP contribution in [0.3, 0.4) is 0 Å². The second kappa shape index (κ2) is 5.88. The van der Waals surface area contributed by atoms with Gasteiger partial charge in [0.25, 0.3) is 0 Å². The van der Waals surface area contributed by atoms with E-state index in [4.69, 9.17) is 10.1 Å². The molecular weight excluding hydrogens is 264 g/mol. The number of imidazole rings is 1. The third-order valence-corrected chi connectivity index (χ3v) is 4.63. The smallest absolute Gasteiger partial charge is 0.335 e. The Bertz CT molecular complexity index is 652. The first-order valence-electron chi connectivity index (χ1n) is 7.86. The lowest BCUT2D eigenvalue weighted by Crippen LogP contribution is -2.08. The van der Waals surface area contributed by atoms with Gasteiger partial charge in [0.1, 0.15) is 5.82 Å². The number of carboxylic acids is 1. The van der Waals surface area contributed by atoms with Gasteiger partial charge in [0, 0.05) is 13.0 Å². The standard InChI is InChI=1S/C17H22N2O2/c1-19-15-10-9-13(17(20)21)11-14(15)18-16(19)12-7-5-3-2-4-6-8-12/h9-12H,2-8H2,1H3,(H,20,21). The molecule has 21 heavy (non-hydrogen) atoms. The fourth-order valence-corrected chi connectivity index (χ4v) is 3.43. The zero-order chi connectivity index (χ0) is 14.8. The summed E-state index contributed by atoms with van der Waals surface area (Å²) in [5, 5.41) is 9.10. The number of aromatic carboxylic acids is 1. The quantitative estimate of drug-likeness (QED) is 0.904. The minimum atomic E-state index is -0.893. The Morgan fingerprint density at radius 1 is 1.19 bits per heavy atom. The van der Waals surface area contributed by atoms with E-state index >= 15 is 0 Å². The highest BCUT2D eigenvalue weighted by Crippen LogP contribution is 2.32. The first-order chi connectivity index (χ1) is 10.2. The first-order valence-corrected chi connectivity index (χ1v) is 7.86. The number of rotatable bonds is 2. The van der Waals surface area contributed by atoms with Crippen molar-refractivity contribution in [3.05, 3.63) is 29.6 Å². The van der Waals surface area contributed by atoms with E-state index in [0.29, 0.717) is 11.5 Å². The summed E-state index contributed by atoms with van der Waals surface area (Å²) >= 11 is 0. The number of carboxylic acid groups (broad SMARTS) is 1. The van der Waals surface area contributed by atoms with Gasteiger partial charge in [-0.15, -0.1) is 0 Å². The number of carbonyl (C=O) groups is 1. The van der Waals surface area contributed by atoms with E-state index < -0.39 is 5.97 Å². The van der Waals surface area contributed by atoms with Crippen molar-refractivity contribution in [1.82, 2.24) is 9.55 Å². The van der Waals surface area contributed by atoms with Gasteiger partial charge in [-0.25, -0.2) is 9.78 Å². The van der Waals surface area contributed by atoms with Crippen LogP contribution in [0.25, 0.3) is 11.0 Å². The SMILES string of the molecule is Cn1c(C2CCCCCCC2)nc2cc(C(=O)O)ccc21. The fourth-order valence-electron chi connectivity index (χ4n) is 3.43. The van der Waals surface area contributed by atoms with Gasteiger partial charge in [-0.1, -0.05) is 32.1 Å². The predicted molar refractivity (Wildman–Crippen MR) is 82.7 cm³/mol. The highest BCUT2D eigenvalue weighted by molar-refractivity contribution is 5.92. The van der Waals surface area contributed by atoms with Gasteiger partial charge in [-0.3, -0.25) is 0 Å². The van der Waals surface area contributed by atoms with Crippen LogP contribution in [0, 0.1) is 0 Å². The minimum Gasteiger partial charge on any atom is -0.478 e. The molecule has 0 atom stereocenters. The lowest BCUT2D eigenvalue weighted by Gasteiger charge is -2.19. The number of hydrogen-bond acceptors (Lipinski definition) is 2. The number of fused-ring (bicyclic) bond motifs is 1. The van der Waals surface area contributed by atoms with Crippen LogP contribution in [-0.2, 0) is 7.05 Å². The van der Waals surface area contributed by atoms with Crippen LogP contribution in [0.4, 0.5) is 0 Å². The van der Waals surface area contributed by atoms with E-state index in [2.05, 4.69) is 4.57 Å². The predicted octanol–water partition coefficient (Wildman–Crippen LogP) is 4.10. The Labute approximate surface area is 124 Å². The van der Waals surface area contributed by atoms with Crippen molar-refractivity contribution < 1.29 is 9.90 Å². The van der Waals surface area contributed by atoms with E-state index in [1.165, 1.54) is 44.9 Å². The molecule has 2 aromatic rings. The van der Waals surface area contributed by atoms with Gasteiger partial charge >= 0.3 is 5.97 Å². The largest absolute Gasteiger partial charge is 0.478 e. The molecule has 0 unspecified atom stereocenters. The summed E-state index contributed by atoms with van der Waals surface area (Å²) in [4.78, 5) is 15.8. The zero-order valence-electron chi connectivity index (χ0n) is 12.5. The fraction of sp³-hybridized carbons (Fsp3) is 0.529. The molecular formula is C17H22N2O2. The van der Waals surface area contributed by atoms with Gasteiger partial charge in [-0.2, -0.15) is 0 Å². The van der Waals surface area contributed by atoms with Crippen LogP contribution in [0.2, 0.25) is 0 Å². The lowest BCUT2D eigenvalue weighted by molar-refractivity contribution is 0.0697. The van der Waals surface area contributed by atoms with E-state index in [0.717, 1.165) is 16.9 Å². The molecule has 1 aliphatic carbocycles. The maximum atomic E-state index is 11.1. The van der Waals surface area contributed by atoms with Crippen molar-refractivity contribution in [1.29, 1.82) is 0 Å². The number of hydrogen-bond donors (Lipinski definition) is 1. The number of nitrogens with zero attached hydrogens (tertiary/aromatic N) is 2. The molecule has 0 radical (unpaired) electrons. The van der Waals surface area contributed by atoms with Crippen molar-refractivity contribution >= 4 is 17.0 Å². The van der Waals surface area contributed by atoms with Crippen molar-refractivity contribution in [2.75, 3.05) is 0 Å². The number of benzene rings is 1. The van der Waals surface area contributed by atoms with Crippen LogP contribution in [0.1, 0.15) is 67.0 Å². The Morgan fingerprint density at radius 2 is 1.86 bits per heavy atom. The molecule has 1 heterocycles. The summed E-state index contributed by atoms with van der Waals surface area (Å²) in [6.45, 7) is 0. The van der Waals surface area contributed by atoms with Crippen LogP contribution >= 0.6 is 0 Å². The average Bonchev–Trinajstić information content (AvgIpc) is 2.75. The van der Waals surface area contributed by atoms with E-state index in [1.54, 1.807) is 12.1 Å². The number of aryl methyl sites for hydroxylation is 1. The minimum absolute atomic E-state index is 0.310. The maximum Gasteiger partial charge on any atom is 0.335 e. The van der Waals surface area contributed by atoms with Crippen LogP contribution in [0.5, 0.6) is 0 Å². The van der Waals surface area contributed by atoms with Gasteiger partial charge in [0.2, 0.25) is 0 Å². The normalized spacial score (nSPS) is 17.6. The average molecular weight is 286 g/mol. The van der Waals surface area contributed by atoms with Crippen LogP contribution < -0.4 is 0 Å². The molecule has 1 aromatic heterocycles. The topological polar surface area (TPSA) is 55.1 Å². The highest BCUT2D eigenvalue weighted by atomic mass is 16.4. The van der Waals surface area contributed by atoms with E-state index in [1.807, 2.05) is 13.1 Å². The lowest BCUT2D eigenvalue weighted by atomic mass is 9.90. The first kappa shape index (κ1) is 14.1. The third-order valence-electron chi connectivity index (χ3n) is 4.63. The van der Waals surface area contributed by atoms with Crippen molar-refractivity contribution in [3.63, 3.8) is 0 Å². The summed E-state index contributed by atoms with van der Waals surface area (Å²) in [6, 6.07) is 5.22. The van der Waals surface area contributed by atoms with Gasteiger partial charge in [0.05, 0.1) is 16.6 Å². The second-order valence-electron chi connectivity index (χ2n) is 6.08. The number of aromatic nitrogens is 2. The Hall–Kier alpha value is -1.84. The van der Waals surface area contributed by atoms with Crippen LogP contribution in [0.15, 0.2) is 18.2 Å². The highest BCUT2D eigenvalue weighted by Gasteiger charge is 2.20. The summed E-state index contributed by atoms with van der Waals surface area (Å²) in [5.41, 5.74) is 2.14. The molecule has 0 spiro atoms. The molecule has 1 aliphatic rings. The van der Waals surface area contributed by atoms with E-state index in [9.17, 15) is 4.79 Å². The molecule has 1 fully saturated rings. The van der Waals surface area contributed by atoms with E-state index in [-0.39, 0.29) is 0 Å². The molecule has 1 saturated carbocycles.